The molecule has 10 heteroatoms. The van der Waals surface area contributed by atoms with Crippen molar-refractivity contribution >= 4 is 25.7 Å². The largest absolute Gasteiger partial charge is 0.396 e. The van der Waals surface area contributed by atoms with Crippen LogP contribution in [0.3, 0.4) is 0 Å². The molecule has 0 amide bonds. The second-order valence-electron chi connectivity index (χ2n) is 3.60. The van der Waals surface area contributed by atoms with Gasteiger partial charge in [-0.15, -0.1) is 0 Å². The third-order valence-corrected chi connectivity index (χ3v) is 5.08. The first-order chi connectivity index (χ1) is 8.68. The zero-order valence-corrected chi connectivity index (χ0v) is 11.7. The normalized spacial score (nSPS) is 12.5. The molecule has 0 bridgehead atoms. The summed E-state index contributed by atoms with van der Waals surface area (Å²) in [6, 6.07) is 3.02. The van der Waals surface area contributed by atoms with Crippen LogP contribution in [-0.2, 0) is 20.0 Å². The number of rotatable bonds is 6. The van der Waals surface area contributed by atoms with Crippen LogP contribution in [-0.4, -0.2) is 36.2 Å². The number of nitrogens with two attached hydrogens (primary N) is 1. The minimum absolute atomic E-state index is 0.170. The summed E-state index contributed by atoms with van der Waals surface area (Å²) in [7, 11) is -6.26. The molecule has 0 saturated heterocycles. The van der Waals surface area contributed by atoms with Gasteiger partial charge in [0.05, 0.1) is 16.3 Å². The van der Waals surface area contributed by atoms with Gasteiger partial charge in [0.15, 0.2) is 0 Å². The lowest BCUT2D eigenvalue weighted by molar-refractivity contribution is 0.576. The van der Waals surface area contributed by atoms with Crippen LogP contribution >= 0.6 is 0 Å². The molecule has 0 aliphatic carbocycles. The fourth-order valence-corrected chi connectivity index (χ4v) is 2.92. The molecule has 0 heterocycles. The Labute approximate surface area is 111 Å². The highest BCUT2D eigenvalue weighted by Gasteiger charge is 2.16. The molecule has 1 aromatic rings. The van der Waals surface area contributed by atoms with Gasteiger partial charge >= 0.3 is 0 Å². The van der Waals surface area contributed by atoms with E-state index in [-0.39, 0.29) is 17.1 Å². The predicted octanol–water partition coefficient (Wildman–Crippen LogP) is -0.765. The molecule has 1 aromatic carbocycles. The summed E-state index contributed by atoms with van der Waals surface area (Å²) in [5, 5.41) is 0. The van der Waals surface area contributed by atoms with Crippen LogP contribution in [0.2, 0.25) is 0 Å². The predicted molar refractivity (Wildman–Crippen MR) is 68.8 cm³/mol. The molecule has 19 heavy (non-hydrogen) atoms. The van der Waals surface area contributed by atoms with Crippen LogP contribution in [0.1, 0.15) is 0 Å². The Morgan fingerprint density at radius 3 is 2.42 bits per heavy atom. The molecule has 7 nitrogen and oxygen atoms in total. The van der Waals surface area contributed by atoms with Crippen LogP contribution in [0.4, 0.5) is 10.1 Å². The van der Waals surface area contributed by atoms with Crippen molar-refractivity contribution < 1.29 is 21.2 Å². The van der Waals surface area contributed by atoms with Crippen molar-refractivity contribution in [2.45, 2.75) is 4.90 Å². The van der Waals surface area contributed by atoms with Gasteiger partial charge < -0.3 is 5.73 Å². The van der Waals surface area contributed by atoms with Gasteiger partial charge in [0.1, 0.15) is 5.82 Å². The van der Waals surface area contributed by atoms with Crippen molar-refractivity contribution in [2.24, 2.45) is 0 Å². The number of nitrogen functional groups attached to an aromatic ring is 1. The van der Waals surface area contributed by atoms with E-state index in [2.05, 4.69) is 4.72 Å². The number of sulfonamides is 2. The van der Waals surface area contributed by atoms with Crippen LogP contribution in [0.15, 0.2) is 23.1 Å². The number of nitrogens with one attached hydrogen (secondary N) is 2. The third-order valence-electron chi connectivity index (χ3n) is 2.26. The zero-order chi connectivity index (χ0) is 14.7. The minimum Gasteiger partial charge on any atom is -0.396 e. The quantitative estimate of drug-likeness (QED) is 0.597. The van der Waals surface area contributed by atoms with Gasteiger partial charge in [-0.3, -0.25) is 0 Å². The molecule has 0 fully saturated rings. The first kappa shape index (κ1) is 15.8. The Balaban J connectivity index is 2.79. The van der Waals surface area contributed by atoms with Crippen LogP contribution in [0, 0.1) is 5.82 Å². The second kappa shape index (κ2) is 5.82. The van der Waals surface area contributed by atoms with Crippen molar-refractivity contribution in [2.75, 3.05) is 25.1 Å². The third kappa shape index (κ3) is 4.42. The van der Waals surface area contributed by atoms with Crippen LogP contribution in [0.25, 0.3) is 0 Å². The molecule has 0 spiro atoms. The Morgan fingerprint density at radius 1 is 1.26 bits per heavy atom. The van der Waals surface area contributed by atoms with E-state index in [1.165, 1.54) is 7.05 Å². The van der Waals surface area contributed by atoms with E-state index in [0.717, 1.165) is 18.2 Å². The summed E-state index contributed by atoms with van der Waals surface area (Å²) >= 11 is 0. The molecule has 4 N–H and O–H groups in total. The number of halogens is 1. The van der Waals surface area contributed by atoms with E-state index in [9.17, 15) is 21.2 Å². The van der Waals surface area contributed by atoms with Gasteiger partial charge in [0.25, 0.3) is 0 Å². The summed E-state index contributed by atoms with van der Waals surface area (Å²) < 4.78 is 62.9. The second-order valence-corrected chi connectivity index (χ2v) is 7.42. The van der Waals surface area contributed by atoms with Crippen molar-refractivity contribution in [1.29, 1.82) is 0 Å². The summed E-state index contributed by atoms with van der Waals surface area (Å²) in [5.41, 5.74) is 5.06. The van der Waals surface area contributed by atoms with E-state index in [0.29, 0.717) is 0 Å². The fraction of sp³-hybridized carbons (Fsp3) is 0.333. The van der Waals surface area contributed by atoms with Crippen molar-refractivity contribution in [3.63, 3.8) is 0 Å². The lowest BCUT2D eigenvalue weighted by Crippen LogP contribution is -2.33. The highest BCUT2D eigenvalue weighted by Crippen LogP contribution is 2.15. The molecule has 0 atom stereocenters. The molecule has 0 unspecified atom stereocenters. The first-order valence-electron chi connectivity index (χ1n) is 5.14. The SMILES string of the molecule is CNS(=O)(=O)CCNS(=O)(=O)c1ccc(N)c(F)c1. The average Bonchev–Trinajstić information content (AvgIpc) is 2.32. The van der Waals surface area contributed by atoms with Crippen molar-refractivity contribution in [3.05, 3.63) is 24.0 Å². The number of anilines is 1. The van der Waals surface area contributed by atoms with Gasteiger partial charge in [-0.25, -0.2) is 30.7 Å². The highest BCUT2D eigenvalue weighted by molar-refractivity contribution is 7.90. The van der Waals surface area contributed by atoms with E-state index in [1.807, 2.05) is 4.72 Å². The topological polar surface area (TPSA) is 118 Å². The van der Waals surface area contributed by atoms with E-state index < -0.39 is 31.6 Å². The van der Waals surface area contributed by atoms with Gasteiger partial charge in [0.2, 0.25) is 20.0 Å². The minimum atomic E-state index is -3.97. The Bertz CT molecular complexity index is 658. The molecule has 0 radical (unpaired) electrons. The number of hydrogen-bond acceptors (Lipinski definition) is 5. The maximum atomic E-state index is 13.2. The lowest BCUT2D eigenvalue weighted by atomic mass is 10.3. The van der Waals surface area contributed by atoms with E-state index >= 15 is 0 Å². The van der Waals surface area contributed by atoms with Crippen molar-refractivity contribution in [1.82, 2.24) is 9.44 Å². The smallest absolute Gasteiger partial charge is 0.240 e. The maximum Gasteiger partial charge on any atom is 0.240 e. The molecule has 0 aliphatic heterocycles. The summed E-state index contributed by atoms with van der Waals surface area (Å²) in [4.78, 5) is -0.318. The molecule has 0 saturated carbocycles. The lowest BCUT2D eigenvalue weighted by Gasteiger charge is -2.07. The molecule has 1 rings (SSSR count). The molecule has 0 aromatic heterocycles. The molecular weight excluding hydrogens is 297 g/mol. The van der Waals surface area contributed by atoms with Crippen LogP contribution in [0.5, 0.6) is 0 Å². The molecular formula is C9H14FN3O4S2. The Kier molecular flexibility index (Phi) is 4.85. The van der Waals surface area contributed by atoms with E-state index in [1.54, 1.807) is 0 Å². The van der Waals surface area contributed by atoms with Gasteiger partial charge in [-0.2, -0.15) is 0 Å². The molecule has 108 valence electrons. The van der Waals surface area contributed by atoms with Crippen molar-refractivity contribution in [3.8, 4) is 0 Å². The zero-order valence-electron chi connectivity index (χ0n) is 10.1. The summed E-state index contributed by atoms with van der Waals surface area (Å²) in [6.07, 6.45) is 0. The van der Waals surface area contributed by atoms with E-state index in [4.69, 9.17) is 5.73 Å². The standard InChI is InChI=1S/C9H14FN3O4S2/c1-12-18(14,15)5-4-13-19(16,17)7-2-3-9(11)8(10)6-7/h2-3,6,12-13H,4-5,11H2,1H3. The summed E-state index contributed by atoms with van der Waals surface area (Å²) in [5.74, 6) is -1.27. The summed E-state index contributed by atoms with van der Waals surface area (Å²) in [6.45, 7) is -0.322. The van der Waals surface area contributed by atoms with Gasteiger partial charge in [-0.1, -0.05) is 0 Å². The number of hydrogen-bond donors (Lipinski definition) is 3. The molecule has 0 aliphatic rings. The Hall–Kier alpha value is -1.23. The first-order valence-corrected chi connectivity index (χ1v) is 8.27. The van der Waals surface area contributed by atoms with Crippen LogP contribution < -0.4 is 15.2 Å². The number of benzene rings is 1. The van der Waals surface area contributed by atoms with Gasteiger partial charge in [-0.05, 0) is 25.2 Å². The monoisotopic (exact) mass is 311 g/mol. The van der Waals surface area contributed by atoms with Gasteiger partial charge in [0, 0.05) is 6.54 Å². The fourth-order valence-electron chi connectivity index (χ4n) is 1.17. The maximum absolute atomic E-state index is 13.2. The Morgan fingerprint density at radius 2 is 1.89 bits per heavy atom. The highest BCUT2D eigenvalue weighted by atomic mass is 32.2. The average molecular weight is 311 g/mol.